The van der Waals surface area contributed by atoms with Gasteiger partial charge >= 0.3 is 6.61 Å². The zero-order valence-electron chi connectivity index (χ0n) is 11.8. The molecule has 7 nitrogen and oxygen atoms in total. The molecule has 0 amide bonds. The summed E-state index contributed by atoms with van der Waals surface area (Å²) in [6.45, 7) is 0.626. The standard InChI is InChI=1S/C13H13F2N3O4/c1-7-10(8(2)22-17-7)6-16-11-5-9(18(19)20)3-4-12(11)21-13(14)15/h3-5,13,16H,6H2,1-2H3. The van der Waals surface area contributed by atoms with Gasteiger partial charge in [0.05, 0.1) is 16.3 Å². The van der Waals surface area contributed by atoms with E-state index in [9.17, 15) is 18.9 Å². The molecule has 1 heterocycles. The van der Waals surface area contributed by atoms with Gasteiger partial charge in [-0.05, 0) is 19.9 Å². The Balaban J connectivity index is 2.26. The van der Waals surface area contributed by atoms with Crippen LogP contribution in [-0.4, -0.2) is 16.7 Å². The molecule has 0 fully saturated rings. The molecule has 0 saturated carbocycles. The first-order chi connectivity index (χ1) is 10.4. The summed E-state index contributed by atoms with van der Waals surface area (Å²) in [6.07, 6.45) is 0. The molecule has 22 heavy (non-hydrogen) atoms. The third kappa shape index (κ3) is 3.48. The molecule has 2 rings (SSSR count). The Morgan fingerprint density at radius 1 is 1.45 bits per heavy atom. The van der Waals surface area contributed by atoms with Gasteiger partial charge in [-0.15, -0.1) is 0 Å². The SMILES string of the molecule is Cc1noc(C)c1CNc1cc([N+](=O)[O-])ccc1OC(F)F. The summed E-state index contributed by atoms with van der Waals surface area (Å²) in [5.74, 6) is 0.402. The molecule has 0 unspecified atom stereocenters. The normalized spacial score (nSPS) is 10.8. The van der Waals surface area contributed by atoms with Crippen LogP contribution < -0.4 is 10.1 Å². The summed E-state index contributed by atoms with van der Waals surface area (Å²) in [6, 6.07) is 3.36. The highest BCUT2D eigenvalue weighted by Gasteiger charge is 2.16. The fourth-order valence-electron chi connectivity index (χ4n) is 1.91. The van der Waals surface area contributed by atoms with Crippen molar-refractivity contribution in [2.75, 3.05) is 5.32 Å². The minimum Gasteiger partial charge on any atom is -0.433 e. The van der Waals surface area contributed by atoms with Gasteiger partial charge in [-0.1, -0.05) is 5.16 Å². The second-order valence-electron chi connectivity index (χ2n) is 4.47. The number of ether oxygens (including phenoxy) is 1. The molecule has 0 bridgehead atoms. The molecule has 0 saturated heterocycles. The van der Waals surface area contributed by atoms with Gasteiger partial charge in [0.2, 0.25) is 0 Å². The van der Waals surface area contributed by atoms with E-state index in [2.05, 4.69) is 15.2 Å². The van der Waals surface area contributed by atoms with Crippen LogP contribution in [0.25, 0.3) is 0 Å². The lowest BCUT2D eigenvalue weighted by atomic mass is 10.2. The molecule has 2 aromatic rings. The summed E-state index contributed by atoms with van der Waals surface area (Å²) in [5.41, 5.74) is 1.25. The first-order valence-corrected chi connectivity index (χ1v) is 6.27. The number of aromatic nitrogens is 1. The summed E-state index contributed by atoms with van der Waals surface area (Å²) >= 11 is 0. The van der Waals surface area contributed by atoms with Crippen molar-refractivity contribution in [2.45, 2.75) is 27.0 Å². The topological polar surface area (TPSA) is 90.4 Å². The van der Waals surface area contributed by atoms with Crippen molar-refractivity contribution in [2.24, 2.45) is 0 Å². The molecule has 1 aromatic heterocycles. The van der Waals surface area contributed by atoms with Gasteiger partial charge in [-0.25, -0.2) is 0 Å². The highest BCUT2D eigenvalue weighted by molar-refractivity contribution is 5.61. The van der Waals surface area contributed by atoms with Crippen LogP contribution in [0.4, 0.5) is 20.2 Å². The fourth-order valence-corrected chi connectivity index (χ4v) is 1.91. The van der Waals surface area contributed by atoms with Crippen LogP contribution in [0.3, 0.4) is 0 Å². The van der Waals surface area contributed by atoms with E-state index >= 15 is 0 Å². The highest BCUT2D eigenvalue weighted by atomic mass is 19.3. The number of aryl methyl sites for hydroxylation is 2. The third-order valence-electron chi connectivity index (χ3n) is 3.03. The van der Waals surface area contributed by atoms with E-state index in [4.69, 9.17) is 4.52 Å². The van der Waals surface area contributed by atoms with Crippen LogP contribution in [0.2, 0.25) is 0 Å². The molecule has 0 aliphatic carbocycles. The average molecular weight is 313 g/mol. The van der Waals surface area contributed by atoms with E-state index in [1.807, 2.05) is 0 Å². The largest absolute Gasteiger partial charge is 0.433 e. The van der Waals surface area contributed by atoms with Crippen LogP contribution in [0.15, 0.2) is 22.7 Å². The molecule has 0 radical (unpaired) electrons. The molecule has 118 valence electrons. The minimum absolute atomic E-state index is 0.0921. The number of non-ortho nitro benzene ring substituents is 1. The molecule has 0 spiro atoms. The number of nitro groups is 1. The number of anilines is 1. The van der Waals surface area contributed by atoms with Crippen LogP contribution >= 0.6 is 0 Å². The van der Waals surface area contributed by atoms with Gasteiger partial charge in [-0.2, -0.15) is 8.78 Å². The molecule has 1 aromatic carbocycles. The Morgan fingerprint density at radius 3 is 2.73 bits per heavy atom. The van der Waals surface area contributed by atoms with Gasteiger partial charge in [0.25, 0.3) is 5.69 Å². The van der Waals surface area contributed by atoms with Crippen LogP contribution in [0.1, 0.15) is 17.0 Å². The van der Waals surface area contributed by atoms with E-state index in [0.717, 1.165) is 23.8 Å². The van der Waals surface area contributed by atoms with Crippen molar-refractivity contribution in [3.05, 3.63) is 45.3 Å². The van der Waals surface area contributed by atoms with Crippen molar-refractivity contribution < 1.29 is 23.0 Å². The van der Waals surface area contributed by atoms with Gasteiger partial charge in [0.15, 0.2) is 0 Å². The Hall–Kier alpha value is -2.71. The second kappa shape index (κ2) is 6.37. The van der Waals surface area contributed by atoms with Crippen molar-refractivity contribution in [1.82, 2.24) is 5.16 Å². The van der Waals surface area contributed by atoms with E-state index in [0.29, 0.717) is 11.5 Å². The summed E-state index contributed by atoms with van der Waals surface area (Å²) in [4.78, 5) is 10.2. The first kappa shape index (κ1) is 15.7. The van der Waals surface area contributed by atoms with E-state index in [1.54, 1.807) is 13.8 Å². The zero-order valence-corrected chi connectivity index (χ0v) is 11.8. The Kier molecular flexibility index (Phi) is 4.54. The number of halogens is 2. The van der Waals surface area contributed by atoms with Crippen LogP contribution in [0.5, 0.6) is 5.75 Å². The monoisotopic (exact) mass is 313 g/mol. The second-order valence-corrected chi connectivity index (χ2v) is 4.47. The molecule has 9 heteroatoms. The molecule has 1 N–H and O–H groups in total. The predicted molar refractivity (Wildman–Crippen MR) is 73.0 cm³/mol. The molecule has 0 aliphatic heterocycles. The maximum atomic E-state index is 12.4. The number of nitrogens with zero attached hydrogens (tertiary/aromatic N) is 2. The summed E-state index contributed by atoms with van der Waals surface area (Å²) in [7, 11) is 0. The number of nitrogens with one attached hydrogen (secondary N) is 1. The maximum Gasteiger partial charge on any atom is 0.387 e. The molecule has 0 aliphatic rings. The highest BCUT2D eigenvalue weighted by Crippen LogP contribution is 2.31. The Morgan fingerprint density at radius 2 is 2.18 bits per heavy atom. The minimum atomic E-state index is -3.03. The Labute approximate surface area is 124 Å². The van der Waals surface area contributed by atoms with Gasteiger partial charge in [-0.3, -0.25) is 10.1 Å². The maximum absolute atomic E-state index is 12.4. The first-order valence-electron chi connectivity index (χ1n) is 6.27. The van der Waals surface area contributed by atoms with Gasteiger partial charge in [0.1, 0.15) is 11.5 Å². The zero-order chi connectivity index (χ0) is 16.3. The van der Waals surface area contributed by atoms with Crippen LogP contribution in [-0.2, 0) is 6.54 Å². The van der Waals surface area contributed by atoms with Crippen molar-refractivity contribution in [1.29, 1.82) is 0 Å². The Bertz CT molecular complexity index is 668. The number of hydrogen-bond donors (Lipinski definition) is 1. The summed E-state index contributed by atoms with van der Waals surface area (Å²) < 4.78 is 34.1. The number of nitro benzene ring substituents is 1. The lowest BCUT2D eigenvalue weighted by Gasteiger charge is -2.12. The van der Waals surface area contributed by atoms with Crippen molar-refractivity contribution in [3.63, 3.8) is 0 Å². The van der Waals surface area contributed by atoms with E-state index < -0.39 is 11.5 Å². The predicted octanol–water partition coefficient (Wildman–Crippen LogP) is 3.41. The lowest BCUT2D eigenvalue weighted by molar-refractivity contribution is -0.384. The van der Waals surface area contributed by atoms with Crippen LogP contribution in [0, 0.1) is 24.0 Å². The third-order valence-corrected chi connectivity index (χ3v) is 3.03. The van der Waals surface area contributed by atoms with E-state index in [-0.39, 0.29) is 23.7 Å². The average Bonchev–Trinajstić information content (AvgIpc) is 2.76. The molecular formula is C13H13F2N3O4. The number of hydrogen-bond acceptors (Lipinski definition) is 6. The molecule has 0 atom stereocenters. The van der Waals surface area contributed by atoms with Gasteiger partial charge in [0, 0.05) is 24.2 Å². The smallest absolute Gasteiger partial charge is 0.387 e. The number of rotatable bonds is 6. The molecular weight excluding hydrogens is 300 g/mol. The quantitative estimate of drug-likeness (QED) is 0.649. The lowest BCUT2D eigenvalue weighted by Crippen LogP contribution is -2.07. The number of alkyl halides is 2. The van der Waals surface area contributed by atoms with Crippen molar-refractivity contribution in [3.8, 4) is 5.75 Å². The van der Waals surface area contributed by atoms with Crippen molar-refractivity contribution >= 4 is 11.4 Å². The number of benzene rings is 1. The van der Waals surface area contributed by atoms with Gasteiger partial charge < -0.3 is 14.6 Å². The fraction of sp³-hybridized carbons (Fsp3) is 0.308. The summed E-state index contributed by atoms with van der Waals surface area (Å²) in [5, 5.41) is 17.4. The van der Waals surface area contributed by atoms with E-state index in [1.165, 1.54) is 0 Å².